The molecule has 1 aliphatic carbocycles. The van der Waals surface area contributed by atoms with Gasteiger partial charge in [0, 0.05) is 24.6 Å². The molecule has 1 aliphatic rings. The van der Waals surface area contributed by atoms with Gasteiger partial charge in [0.15, 0.2) is 5.16 Å². The molecule has 0 radical (unpaired) electrons. The maximum Gasteiger partial charge on any atom is 0.271 e. The Labute approximate surface area is 166 Å². The summed E-state index contributed by atoms with van der Waals surface area (Å²) in [4.78, 5) is 23.1. The van der Waals surface area contributed by atoms with E-state index in [4.69, 9.17) is 4.74 Å². The molecule has 0 saturated heterocycles. The van der Waals surface area contributed by atoms with Crippen LogP contribution in [-0.4, -0.2) is 38.0 Å². The Morgan fingerprint density at radius 3 is 2.89 bits per heavy atom. The number of aromatic nitrogens is 3. The van der Waals surface area contributed by atoms with E-state index < -0.39 is 10.2 Å². The Balaban J connectivity index is 1.74. The van der Waals surface area contributed by atoms with Crippen LogP contribution in [0.5, 0.6) is 5.75 Å². The molecule has 3 rings (SSSR count). The largest absolute Gasteiger partial charge is 0.495 e. The summed E-state index contributed by atoms with van der Waals surface area (Å²) in [5, 5.41) is 22.4. The second-order valence-corrected chi connectivity index (χ2v) is 7.71. The third kappa shape index (κ3) is 4.33. The zero-order valence-electron chi connectivity index (χ0n) is 15.6. The summed E-state index contributed by atoms with van der Waals surface area (Å²) in [5.74, 6) is 1.39. The van der Waals surface area contributed by atoms with Crippen LogP contribution in [0.3, 0.4) is 0 Å². The molecule has 0 spiro atoms. The number of hydrogen-bond acceptors (Lipinski definition) is 7. The van der Waals surface area contributed by atoms with Gasteiger partial charge in [-0.15, -0.1) is 16.8 Å². The van der Waals surface area contributed by atoms with Gasteiger partial charge < -0.3 is 14.6 Å². The van der Waals surface area contributed by atoms with Crippen LogP contribution in [0.25, 0.3) is 0 Å². The number of allylic oxidation sites excluding steroid dienone is 1. The van der Waals surface area contributed by atoms with Gasteiger partial charge in [-0.2, -0.15) is 0 Å². The SMILES string of the molecule is C=CCn1c(SC(C)C(=O)Nc2cc([N+](=O)[O-])ccc2OC)nnc1C1CC1. The molecule has 1 aromatic heterocycles. The van der Waals surface area contributed by atoms with Crippen LogP contribution in [0.2, 0.25) is 0 Å². The number of nitro benzene ring substituents is 1. The highest BCUT2D eigenvalue weighted by atomic mass is 32.2. The topological polar surface area (TPSA) is 112 Å². The normalized spacial score (nSPS) is 14.4. The van der Waals surface area contributed by atoms with Crippen LogP contribution in [0.15, 0.2) is 36.0 Å². The van der Waals surface area contributed by atoms with Crippen molar-refractivity contribution in [3.63, 3.8) is 0 Å². The lowest BCUT2D eigenvalue weighted by Crippen LogP contribution is -2.23. The summed E-state index contributed by atoms with van der Waals surface area (Å²) in [6.45, 7) is 6.10. The number of nitrogens with zero attached hydrogens (tertiary/aromatic N) is 4. The molecule has 1 saturated carbocycles. The van der Waals surface area contributed by atoms with Gasteiger partial charge in [-0.25, -0.2) is 0 Å². The van der Waals surface area contributed by atoms with E-state index in [1.54, 1.807) is 13.0 Å². The zero-order chi connectivity index (χ0) is 20.3. The molecule has 28 heavy (non-hydrogen) atoms. The molecule has 0 aliphatic heterocycles. The van der Waals surface area contributed by atoms with Gasteiger partial charge >= 0.3 is 0 Å². The fourth-order valence-corrected chi connectivity index (χ4v) is 3.55. The molecule has 1 aromatic carbocycles. The number of rotatable bonds is 9. The highest BCUT2D eigenvalue weighted by Gasteiger charge is 2.31. The number of benzene rings is 1. The molecule has 1 amide bonds. The minimum atomic E-state index is -0.523. The molecule has 1 heterocycles. The maximum absolute atomic E-state index is 12.7. The molecular weight excluding hydrogens is 382 g/mol. The van der Waals surface area contributed by atoms with Crippen LogP contribution >= 0.6 is 11.8 Å². The first-order valence-electron chi connectivity index (χ1n) is 8.78. The van der Waals surface area contributed by atoms with E-state index in [2.05, 4.69) is 22.1 Å². The molecule has 148 valence electrons. The summed E-state index contributed by atoms with van der Waals surface area (Å²) < 4.78 is 7.16. The van der Waals surface area contributed by atoms with Crippen molar-refractivity contribution in [2.75, 3.05) is 12.4 Å². The van der Waals surface area contributed by atoms with Crippen molar-refractivity contribution < 1.29 is 14.5 Å². The third-order valence-electron chi connectivity index (χ3n) is 4.30. The molecule has 1 atom stereocenters. The first-order chi connectivity index (χ1) is 13.4. The minimum Gasteiger partial charge on any atom is -0.495 e. The van der Waals surface area contributed by atoms with E-state index >= 15 is 0 Å². The lowest BCUT2D eigenvalue weighted by Gasteiger charge is -2.14. The van der Waals surface area contributed by atoms with Crippen LogP contribution in [-0.2, 0) is 11.3 Å². The minimum absolute atomic E-state index is 0.129. The predicted octanol–water partition coefficient (Wildman–Crippen LogP) is 3.38. The average Bonchev–Trinajstić information content (AvgIpc) is 3.45. The van der Waals surface area contributed by atoms with Gasteiger partial charge in [0.05, 0.1) is 23.0 Å². The van der Waals surface area contributed by atoms with Crippen LogP contribution in [0, 0.1) is 10.1 Å². The summed E-state index contributed by atoms with van der Waals surface area (Å²) >= 11 is 1.28. The zero-order valence-corrected chi connectivity index (χ0v) is 16.4. The van der Waals surface area contributed by atoms with Gasteiger partial charge in [0.1, 0.15) is 11.6 Å². The van der Waals surface area contributed by atoms with E-state index in [0.29, 0.717) is 23.4 Å². The van der Waals surface area contributed by atoms with Gasteiger partial charge in [0.25, 0.3) is 5.69 Å². The van der Waals surface area contributed by atoms with Crippen LogP contribution < -0.4 is 10.1 Å². The molecule has 2 aromatic rings. The maximum atomic E-state index is 12.7. The number of nitro groups is 1. The highest BCUT2D eigenvalue weighted by molar-refractivity contribution is 8.00. The molecular formula is C18H21N5O4S. The molecule has 1 fully saturated rings. The number of non-ortho nitro benzene ring substituents is 1. The number of carbonyl (C=O) groups is 1. The smallest absolute Gasteiger partial charge is 0.271 e. The highest BCUT2D eigenvalue weighted by Crippen LogP contribution is 2.40. The van der Waals surface area contributed by atoms with Crippen molar-refractivity contribution in [2.24, 2.45) is 0 Å². The van der Waals surface area contributed by atoms with Gasteiger partial charge in [0.2, 0.25) is 5.91 Å². The number of carbonyl (C=O) groups excluding carboxylic acids is 1. The number of anilines is 1. The van der Waals surface area contributed by atoms with Crippen molar-refractivity contribution in [1.29, 1.82) is 0 Å². The molecule has 0 bridgehead atoms. The lowest BCUT2D eigenvalue weighted by atomic mass is 10.2. The first kappa shape index (κ1) is 19.9. The average molecular weight is 403 g/mol. The summed E-state index contributed by atoms with van der Waals surface area (Å²) in [6, 6.07) is 4.05. The van der Waals surface area contributed by atoms with Gasteiger partial charge in [-0.1, -0.05) is 17.8 Å². The fourth-order valence-electron chi connectivity index (χ4n) is 2.68. The predicted molar refractivity (Wildman–Crippen MR) is 106 cm³/mol. The van der Waals surface area contributed by atoms with Crippen molar-refractivity contribution in [3.05, 3.63) is 46.8 Å². The van der Waals surface area contributed by atoms with Crippen molar-refractivity contribution in [2.45, 2.75) is 42.6 Å². The molecule has 1 unspecified atom stereocenters. The first-order valence-corrected chi connectivity index (χ1v) is 9.66. The third-order valence-corrected chi connectivity index (χ3v) is 5.38. The fraction of sp³-hybridized carbons (Fsp3) is 0.389. The van der Waals surface area contributed by atoms with E-state index in [1.165, 1.54) is 37.1 Å². The lowest BCUT2D eigenvalue weighted by molar-refractivity contribution is -0.384. The van der Waals surface area contributed by atoms with E-state index in [9.17, 15) is 14.9 Å². The number of amides is 1. The molecule has 1 N–H and O–H groups in total. The molecule has 10 heteroatoms. The van der Waals surface area contributed by atoms with Crippen molar-refractivity contribution >= 4 is 29.0 Å². The second kappa shape index (κ2) is 8.42. The van der Waals surface area contributed by atoms with Crippen LogP contribution in [0.1, 0.15) is 31.5 Å². The standard InChI is InChI=1S/C18H21N5O4S/c1-4-9-22-16(12-5-6-12)20-21-18(22)28-11(2)17(24)19-14-10-13(23(25)26)7-8-15(14)27-3/h4,7-8,10-12H,1,5-6,9H2,2-3H3,(H,19,24). The summed E-state index contributed by atoms with van der Waals surface area (Å²) in [5.41, 5.74) is 0.122. The van der Waals surface area contributed by atoms with Crippen molar-refractivity contribution in [1.82, 2.24) is 14.8 Å². The Hall–Kier alpha value is -2.88. The number of hydrogen-bond donors (Lipinski definition) is 1. The Morgan fingerprint density at radius 2 is 2.29 bits per heavy atom. The number of methoxy groups -OCH3 is 1. The quantitative estimate of drug-likeness (QED) is 0.296. The van der Waals surface area contributed by atoms with Crippen molar-refractivity contribution in [3.8, 4) is 5.75 Å². The second-order valence-electron chi connectivity index (χ2n) is 6.41. The van der Waals surface area contributed by atoms with E-state index in [1.807, 2.05) is 4.57 Å². The number of nitrogens with one attached hydrogen (secondary N) is 1. The van der Waals surface area contributed by atoms with E-state index in [-0.39, 0.29) is 17.3 Å². The number of ether oxygens (including phenoxy) is 1. The Kier molecular flexibility index (Phi) is 5.98. The van der Waals surface area contributed by atoms with E-state index in [0.717, 1.165) is 18.7 Å². The summed E-state index contributed by atoms with van der Waals surface area (Å²) in [6.07, 6.45) is 3.98. The monoisotopic (exact) mass is 403 g/mol. The Bertz CT molecular complexity index is 909. The van der Waals surface area contributed by atoms with Gasteiger partial charge in [-0.05, 0) is 25.8 Å². The van der Waals surface area contributed by atoms with Crippen LogP contribution in [0.4, 0.5) is 11.4 Å². The summed E-state index contributed by atoms with van der Waals surface area (Å²) in [7, 11) is 1.44. The number of thioether (sulfide) groups is 1. The Morgan fingerprint density at radius 1 is 1.54 bits per heavy atom. The van der Waals surface area contributed by atoms with Gasteiger partial charge in [-0.3, -0.25) is 14.9 Å². The molecule has 9 nitrogen and oxygen atoms in total.